The molecule has 0 aliphatic rings. The van der Waals surface area contributed by atoms with E-state index in [9.17, 15) is 4.79 Å². The molecule has 1 amide bonds. The summed E-state index contributed by atoms with van der Waals surface area (Å²) in [6, 6.07) is 10.9. The number of para-hydroxylation sites is 1. The minimum atomic E-state index is -0.332. The van der Waals surface area contributed by atoms with E-state index in [1.54, 1.807) is 19.2 Å². The average molecular weight is 369 g/mol. The van der Waals surface area contributed by atoms with E-state index >= 15 is 0 Å². The van der Waals surface area contributed by atoms with E-state index in [1.165, 1.54) is 25.1 Å². The Labute approximate surface area is 155 Å². The number of aromatic nitrogens is 3. The molecule has 140 valence electrons. The number of carbonyl (C=O) groups excluding carboxylic acids is 1. The molecule has 2 aromatic carbocycles. The van der Waals surface area contributed by atoms with Gasteiger partial charge in [-0.25, -0.2) is 10.1 Å². The van der Waals surface area contributed by atoms with Crippen molar-refractivity contribution >= 4 is 23.2 Å². The molecule has 9 heteroatoms. The smallest absolute Gasteiger partial charge is 0.261 e. The van der Waals surface area contributed by atoms with Gasteiger partial charge in [0.1, 0.15) is 12.1 Å². The van der Waals surface area contributed by atoms with Gasteiger partial charge in [0, 0.05) is 5.56 Å². The lowest BCUT2D eigenvalue weighted by Gasteiger charge is -2.13. The molecule has 9 nitrogen and oxygen atoms in total. The van der Waals surface area contributed by atoms with Crippen LogP contribution in [0.15, 0.2) is 41.5 Å². The molecule has 1 aromatic heterocycles. The fraction of sp³-hybridized carbons (Fsp3) is 0.222. The van der Waals surface area contributed by atoms with E-state index in [1.807, 2.05) is 24.3 Å². The number of hydrazone groups is 1. The molecule has 0 unspecified atom stereocenters. The van der Waals surface area contributed by atoms with E-state index in [-0.39, 0.29) is 12.5 Å². The van der Waals surface area contributed by atoms with Crippen molar-refractivity contribution in [3.8, 4) is 17.2 Å². The summed E-state index contributed by atoms with van der Waals surface area (Å²) in [6.07, 6.45) is 1.47. The highest BCUT2D eigenvalue weighted by Gasteiger charge is 2.14. The number of nitrogens with zero attached hydrogens (tertiary/aromatic N) is 4. The van der Waals surface area contributed by atoms with Crippen molar-refractivity contribution in [3.05, 3.63) is 42.0 Å². The second-order valence-corrected chi connectivity index (χ2v) is 5.45. The van der Waals surface area contributed by atoms with Crippen molar-refractivity contribution in [3.63, 3.8) is 0 Å². The maximum Gasteiger partial charge on any atom is 0.261 e. The van der Waals surface area contributed by atoms with Crippen LogP contribution in [0.3, 0.4) is 0 Å². The molecule has 0 bridgehead atoms. The van der Waals surface area contributed by atoms with E-state index in [0.717, 1.165) is 11.0 Å². The maximum atomic E-state index is 12.1. The van der Waals surface area contributed by atoms with Gasteiger partial charge in [-0.15, -0.1) is 5.10 Å². The zero-order valence-electron chi connectivity index (χ0n) is 15.2. The van der Waals surface area contributed by atoms with Gasteiger partial charge in [-0.2, -0.15) is 5.10 Å². The fourth-order valence-electron chi connectivity index (χ4n) is 2.61. The van der Waals surface area contributed by atoms with Crippen LogP contribution in [0.25, 0.3) is 11.0 Å². The van der Waals surface area contributed by atoms with Crippen LogP contribution in [0.2, 0.25) is 0 Å². The maximum absolute atomic E-state index is 12.1. The Balaban J connectivity index is 1.71. The highest BCUT2D eigenvalue weighted by atomic mass is 16.5. The van der Waals surface area contributed by atoms with Gasteiger partial charge in [-0.3, -0.25) is 4.79 Å². The van der Waals surface area contributed by atoms with Crippen molar-refractivity contribution in [1.29, 1.82) is 0 Å². The summed E-state index contributed by atoms with van der Waals surface area (Å²) >= 11 is 0. The largest absolute Gasteiger partial charge is 0.493 e. The molecule has 0 saturated carbocycles. The Morgan fingerprint density at radius 1 is 1.11 bits per heavy atom. The third-order valence-electron chi connectivity index (χ3n) is 3.84. The molecule has 0 atom stereocenters. The third kappa shape index (κ3) is 3.81. The number of hydrogen-bond donors (Lipinski definition) is 1. The van der Waals surface area contributed by atoms with Crippen LogP contribution >= 0.6 is 0 Å². The standard InChI is InChI=1S/C18H19N5O4/c1-25-15-9-8-12(17(26-2)18(15)27-3)10-19-21-16(24)11-23-14-7-5-4-6-13(14)20-22-23/h4-10H,11H2,1-3H3,(H,21,24)/b19-10+. The van der Waals surface area contributed by atoms with Crippen LogP contribution in [0.5, 0.6) is 17.2 Å². The number of fused-ring (bicyclic) bond motifs is 1. The fourth-order valence-corrected chi connectivity index (χ4v) is 2.61. The molecule has 1 heterocycles. The van der Waals surface area contributed by atoms with E-state index in [4.69, 9.17) is 14.2 Å². The van der Waals surface area contributed by atoms with Crippen LogP contribution in [0.1, 0.15) is 5.56 Å². The lowest BCUT2D eigenvalue weighted by atomic mass is 10.2. The molecule has 0 aliphatic heterocycles. The summed E-state index contributed by atoms with van der Waals surface area (Å²) in [6.45, 7) is 0.000915. The summed E-state index contributed by atoms with van der Waals surface area (Å²) in [4.78, 5) is 12.1. The van der Waals surface area contributed by atoms with Crippen molar-refractivity contribution in [2.75, 3.05) is 21.3 Å². The second-order valence-electron chi connectivity index (χ2n) is 5.45. The lowest BCUT2D eigenvalue weighted by Crippen LogP contribution is -2.23. The number of methoxy groups -OCH3 is 3. The quantitative estimate of drug-likeness (QED) is 0.502. The molecule has 0 saturated heterocycles. The Morgan fingerprint density at radius 3 is 2.63 bits per heavy atom. The average Bonchev–Trinajstić information content (AvgIpc) is 3.10. The number of ether oxygens (including phenoxy) is 3. The first-order valence-electron chi connectivity index (χ1n) is 8.07. The van der Waals surface area contributed by atoms with Crippen LogP contribution in [-0.2, 0) is 11.3 Å². The van der Waals surface area contributed by atoms with Crippen LogP contribution in [0.4, 0.5) is 0 Å². The molecule has 27 heavy (non-hydrogen) atoms. The SMILES string of the molecule is COc1ccc(/C=N/NC(=O)Cn2nnc3ccccc32)c(OC)c1OC. The number of amides is 1. The lowest BCUT2D eigenvalue weighted by molar-refractivity contribution is -0.121. The molecule has 0 radical (unpaired) electrons. The van der Waals surface area contributed by atoms with Crippen molar-refractivity contribution < 1.29 is 19.0 Å². The molecule has 0 spiro atoms. The van der Waals surface area contributed by atoms with Gasteiger partial charge in [-0.1, -0.05) is 17.3 Å². The molecular formula is C18H19N5O4. The highest BCUT2D eigenvalue weighted by molar-refractivity contribution is 5.87. The zero-order valence-corrected chi connectivity index (χ0v) is 15.2. The normalized spacial score (nSPS) is 10.9. The Morgan fingerprint density at radius 2 is 1.89 bits per heavy atom. The van der Waals surface area contributed by atoms with Crippen molar-refractivity contribution in [1.82, 2.24) is 20.4 Å². The van der Waals surface area contributed by atoms with E-state index in [0.29, 0.717) is 22.8 Å². The number of nitrogens with one attached hydrogen (secondary N) is 1. The van der Waals surface area contributed by atoms with Gasteiger partial charge >= 0.3 is 0 Å². The Bertz CT molecular complexity index is 983. The predicted octanol–water partition coefficient (Wildman–Crippen LogP) is 1.61. The summed E-state index contributed by atoms with van der Waals surface area (Å²) in [7, 11) is 4.58. The number of carbonyl (C=O) groups is 1. The molecule has 3 aromatic rings. The minimum absolute atomic E-state index is 0.000915. The zero-order chi connectivity index (χ0) is 19.2. The Kier molecular flexibility index (Phi) is 5.50. The number of rotatable bonds is 7. The van der Waals surface area contributed by atoms with Crippen LogP contribution in [0, 0.1) is 0 Å². The van der Waals surface area contributed by atoms with E-state index < -0.39 is 0 Å². The first-order valence-corrected chi connectivity index (χ1v) is 8.07. The van der Waals surface area contributed by atoms with E-state index in [2.05, 4.69) is 20.8 Å². The Hall–Kier alpha value is -3.62. The van der Waals surface area contributed by atoms with Gasteiger partial charge in [0.25, 0.3) is 5.91 Å². The first kappa shape index (κ1) is 18.2. The topological polar surface area (TPSA) is 99.9 Å². The van der Waals surface area contributed by atoms with Crippen molar-refractivity contribution in [2.24, 2.45) is 5.10 Å². The highest BCUT2D eigenvalue weighted by Crippen LogP contribution is 2.38. The van der Waals surface area contributed by atoms with Crippen LogP contribution < -0.4 is 19.6 Å². The van der Waals surface area contributed by atoms with Gasteiger partial charge in [0.05, 0.1) is 33.1 Å². The molecule has 0 fully saturated rings. The van der Waals surface area contributed by atoms with Gasteiger partial charge in [-0.05, 0) is 24.3 Å². The van der Waals surface area contributed by atoms with Crippen molar-refractivity contribution in [2.45, 2.75) is 6.54 Å². The third-order valence-corrected chi connectivity index (χ3v) is 3.84. The predicted molar refractivity (Wildman–Crippen MR) is 99.4 cm³/mol. The first-order chi connectivity index (χ1) is 13.2. The molecule has 1 N–H and O–H groups in total. The molecule has 3 rings (SSSR count). The van der Waals surface area contributed by atoms with Gasteiger partial charge < -0.3 is 14.2 Å². The summed E-state index contributed by atoms with van der Waals surface area (Å²) in [5, 5.41) is 12.0. The monoisotopic (exact) mass is 369 g/mol. The summed E-state index contributed by atoms with van der Waals surface area (Å²) < 4.78 is 17.4. The minimum Gasteiger partial charge on any atom is -0.493 e. The summed E-state index contributed by atoms with van der Waals surface area (Å²) in [5.74, 6) is 1.11. The van der Waals surface area contributed by atoms with Gasteiger partial charge in [0.15, 0.2) is 11.5 Å². The van der Waals surface area contributed by atoms with Crippen LogP contribution in [-0.4, -0.2) is 48.4 Å². The number of hydrogen-bond acceptors (Lipinski definition) is 7. The molecule has 0 aliphatic carbocycles. The number of benzene rings is 2. The summed E-state index contributed by atoms with van der Waals surface area (Å²) in [5.41, 5.74) is 4.59. The molecular weight excluding hydrogens is 350 g/mol. The second kappa shape index (κ2) is 8.17. The van der Waals surface area contributed by atoms with Gasteiger partial charge in [0.2, 0.25) is 5.75 Å².